The minimum absolute atomic E-state index is 0.114. The average molecular weight is 431 g/mol. The maximum Gasteiger partial charge on any atom is 0.261 e. The molecule has 0 aromatic heterocycles. The number of benzene rings is 2. The van der Waals surface area contributed by atoms with Gasteiger partial charge in [-0.1, -0.05) is 62.7 Å². The number of amides is 2. The molecule has 0 saturated heterocycles. The van der Waals surface area contributed by atoms with E-state index in [4.69, 9.17) is 16.3 Å². The first-order chi connectivity index (χ1) is 14.1. The SMILES string of the molecule is CCNC(=O)C(C)N(Cc1ccc(Cl)cc1)C(=O)COc1ccccc1C(C)(C)C. The Morgan fingerprint density at radius 3 is 2.33 bits per heavy atom. The number of carbonyl (C=O) groups excluding carboxylic acids is 2. The van der Waals surface area contributed by atoms with Gasteiger partial charge in [0.15, 0.2) is 6.61 Å². The molecule has 0 heterocycles. The smallest absolute Gasteiger partial charge is 0.261 e. The second kappa shape index (κ2) is 10.5. The average Bonchev–Trinajstić information content (AvgIpc) is 2.70. The van der Waals surface area contributed by atoms with Crippen molar-refractivity contribution in [1.29, 1.82) is 0 Å². The van der Waals surface area contributed by atoms with Gasteiger partial charge in [-0.25, -0.2) is 0 Å². The number of hydrogen-bond acceptors (Lipinski definition) is 3. The maximum atomic E-state index is 13.1. The molecule has 0 bridgehead atoms. The third-order valence-corrected chi connectivity index (χ3v) is 5.08. The second-order valence-corrected chi connectivity index (χ2v) is 8.69. The van der Waals surface area contributed by atoms with Crippen LogP contribution in [0.15, 0.2) is 48.5 Å². The van der Waals surface area contributed by atoms with Crippen LogP contribution in [0.2, 0.25) is 5.02 Å². The van der Waals surface area contributed by atoms with E-state index in [1.807, 2.05) is 43.3 Å². The number of carbonyl (C=O) groups is 2. The van der Waals surface area contributed by atoms with Gasteiger partial charge >= 0.3 is 0 Å². The fourth-order valence-corrected chi connectivity index (χ4v) is 3.25. The summed E-state index contributed by atoms with van der Waals surface area (Å²) >= 11 is 5.97. The Morgan fingerprint density at radius 1 is 1.10 bits per heavy atom. The lowest BCUT2D eigenvalue weighted by Crippen LogP contribution is -2.49. The van der Waals surface area contributed by atoms with Crippen LogP contribution < -0.4 is 10.1 Å². The van der Waals surface area contributed by atoms with Crippen LogP contribution in [-0.4, -0.2) is 35.9 Å². The fraction of sp³-hybridized carbons (Fsp3) is 0.417. The molecule has 6 heteroatoms. The van der Waals surface area contributed by atoms with E-state index < -0.39 is 6.04 Å². The van der Waals surface area contributed by atoms with Gasteiger partial charge < -0.3 is 15.0 Å². The highest BCUT2D eigenvalue weighted by atomic mass is 35.5. The number of rotatable bonds is 8. The molecular weight excluding hydrogens is 400 g/mol. The lowest BCUT2D eigenvalue weighted by molar-refractivity contribution is -0.142. The molecule has 0 radical (unpaired) electrons. The van der Waals surface area contributed by atoms with Crippen LogP contribution in [0.25, 0.3) is 0 Å². The molecule has 1 unspecified atom stereocenters. The highest BCUT2D eigenvalue weighted by Crippen LogP contribution is 2.31. The lowest BCUT2D eigenvalue weighted by Gasteiger charge is -2.29. The summed E-state index contributed by atoms with van der Waals surface area (Å²) in [5.41, 5.74) is 1.80. The van der Waals surface area contributed by atoms with Crippen LogP contribution in [0, 0.1) is 0 Å². The van der Waals surface area contributed by atoms with Crippen molar-refractivity contribution in [3.05, 3.63) is 64.7 Å². The number of hydrogen-bond donors (Lipinski definition) is 1. The monoisotopic (exact) mass is 430 g/mol. The summed E-state index contributed by atoms with van der Waals surface area (Å²) in [4.78, 5) is 27.1. The largest absolute Gasteiger partial charge is 0.483 e. The van der Waals surface area contributed by atoms with Crippen LogP contribution in [0.4, 0.5) is 0 Å². The molecule has 0 spiro atoms. The van der Waals surface area contributed by atoms with E-state index in [2.05, 4.69) is 26.1 Å². The van der Waals surface area contributed by atoms with Crippen molar-refractivity contribution in [3.8, 4) is 5.75 Å². The molecule has 2 aromatic rings. The number of likely N-dealkylation sites (N-methyl/N-ethyl adjacent to an activating group) is 1. The molecule has 30 heavy (non-hydrogen) atoms. The van der Waals surface area contributed by atoms with Gasteiger partial charge in [0.2, 0.25) is 5.91 Å². The number of halogens is 1. The molecule has 0 aliphatic carbocycles. The molecule has 162 valence electrons. The summed E-state index contributed by atoms with van der Waals surface area (Å²) in [5.74, 6) is 0.220. The summed E-state index contributed by atoms with van der Waals surface area (Å²) in [7, 11) is 0. The summed E-state index contributed by atoms with van der Waals surface area (Å²) in [6.45, 7) is 10.5. The van der Waals surface area contributed by atoms with Gasteiger partial charge in [0, 0.05) is 18.1 Å². The number of nitrogens with zero attached hydrogens (tertiary/aromatic N) is 1. The van der Waals surface area contributed by atoms with E-state index in [0.29, 0.717) is 23.9 Å². The second-order valence-electron chi connectivity index (χ2n) is 8.25. The molecule has 1 atom stereocenters. The van der Waals surface area contributed by atoms with Crippen LogP contribution in [0.1, 0.15) is 45.7 Å². The first-order valence-corrected chi connectivity index (χ1v) is 10.5. The highest BCUT2D eigenvalue weighted by Gasteiger charge is 2.27. The zero-order chi connectivity index (χ0) is 22.3. The van der Waals surface area contributed by atoms with Crippen molar-refractivity contribution in [1.82, 2.24) is 10.2 Å². The predicted molar refractivity (Wildman–Crippen MR) is 121 cm³/mol. The van der Waals surface area contributed by atoms with Crippen LogP contribution >= 0.6 is 11.6 Å². The molecule has 0 saturated carbocycles. The number of para-hydroxylation sites is 1. The molecule has 1 N–H and O–H groups in total. The molecule has 2 amide bonds. The zero-order valence-electron chi connectivity index (χ0n) is 18.4. The van der Waals surface area contributed by atoms with Crippen LogP contribution in [0.5, 0.6) is 5.75 Å². The Morgan fingerprint density at radius 2 is 1.73 bits per heavy atom. The van der Waals surface area contributed by atoms with Gasteiger partial charge in [0.25, 0.3) is 5.91 Å². The van der Waals surface area contributed by atoms with Crippen molar-refractivity contribution < 1.29 is 14.3 Å². The van der Waals surface area contributed by atoms with Crippen LogP contribution in [-0.2, 0) is 21.5 Å². The normalized spacial score (nSPS) is 12.2. The Bertz CT molecular complexity index is 859. The van der Waals surface area contributed by atoms with E-state index in [1.54, 1.807) is 19.1 Å². The van der Waals surface area contributed by atoms with Gasteiger partial charge in [-0.3, -0.25) is 9.59 Å². The maximum absolute atomic E-state index is 13.1. The van der Waals surface area contributed by atoms with E-state index >= 15 is 0 Å². The third-order valence-electron chi connectivity index (χ3n) is 4.83. The zero-order valence-corrected chi connectivity index (χ0v) is 19.1. The first kappa shape index (κ1) is 23.7. The van der Waals surface area contributed by atoms with Crippen molar-refractivity contribution in [2.75, 3.05) is 13.2 Å². The Kier molecular flexibility index (Phi) is 8.30. The quantitative estimate of drug-likeness (QED) is 0.667. The standard InChI is InChI=1S/C24H31ClN2O3/c1-6-26-23(29)17(2)27(15-18-11-13-19(25)14-12-18)22(28)16-30-21-10-8-7-9-20(21)24(3,4)5/h7-14,17H,6,15-16H2,1-5H3,(H,26,29). The van der Waals surface area contributed by atoms with Crippen LogP contribution in [0.3, 0.4) is 0 Å². The van der Waals surface area contributed by atoms with Gasteiger partial charge in [0.05, 0.1) is 0 Å². The Balaban J connectivity index is 2.20. The molecule has 0 fully saturated rings. The Labute approximate surface area is 184 Å². The molecular formula is C24H31ClN2O3. The molecule has 2 aromatic carbocycles. The summed E-state index contributed by atoms with van der Waals surface area (Å²) < 4.78 is 5.91. The minimum Gasteiger partial charge on any atom is -0.483 e. The van der Waals surface area contributed by atoms with E-state index in [1.165, 1.54) is 4.90 Å². The predicted octanol–water partition coefficient (Wildman–Crippen LogP) is 4.57. The molecule has 0 aliphatic rings. The van der Waals surface area contributed by atoms with E-state index in [0.717, 1.165) is 11.1 Å². The fourth-order valence-electron chi connectivity index (χ4n) is 3.13. The van der Waals surface area contributed by atoms with E-state index in [9.17, 15) is 9.59 Å². The van der Waals surface area contributed by atoms with Gasteiger partial charge in [-0.2, -0.15) is 0 Å². The Hall–Kier alpha value is -2.53. The lowest BCUT2D eigenvalue weighted by atomic mass is 9.86. The third kappa shape index (κ3) is 6.49. The van der Waals surface area contributed by atoms with E-state index in [-0.39, 0.29) is 23.8 Å². The summed E-state index contributed by atoms with van der Waals surface area (Å²) in [5, 5.41) is 3.40. The topological polar surface area (TPSA) is 58.6 Å². The number of ether oxygens (including phenoxy) is 1. The molecule has 0 aliphatic heterocycles. The highest BCUT2D eigenvalue weighted by molar-refractivity contribution is 6.30. The van der Waals surface area contributed by atoms with Gasteiger partial charge in [0.1, 0.15) is 11.8 Å². The minimum atomic E-state index is -0.630. The molecule has 5 nitrogen and oxygen atoms in total. The van der Waals surface area contributed by atoms with Gasteiger partial charge in [-0.05, 0) is 48.6 Å². The van der Waals surface area contributed by atoms with Crippen molar-refractivity contribution in [2.45, 2.75) is 52.6 Å². The summed E-state index contributed by atoms with van der Waals surface area (Å²) in [6.07, 6.45) is 0. The van der Waals surface area contributed by atoms with Crippen molar-refractivity contribution in [2.24, 2.45) is 0 Å². The van der Waals surface area contributed by atoms with Gasteiger partial charge in [-0.15, -0.1) is 0 Å². The summed E-state index contributed by atoms with van der Waals surface area (Å²) in [6, 6.07) is 14.3. The molecule has 2 rings (SSSR count). The number of nitrogens with one attached hydrogen (secondary N) is 1. The van der Waals surface area contributed by atoms with Crippen molar-refractivity contribution in [3.63, 3.8) is 0 Å². The first-order valence-electron chi connectivity index (χ1n) is 10.2. The van der Waals surface area contributed by atoms with Crippen molar-refractivity contribution >= 4 is 23.4 Å².